The Bertz CT molecular complexity index is 333. The van der Waals surface area contributed by atoms with Gasteiger partial charge in [-0.2, -0.15) is 0 Å². The van der Waals surface area contributed by atoms with Gasteiger partial charge >= 0.3 is 5.97 Å². The van der Waals surface area contributed by atoms with Crippen molar-refractivity contribution < 1.29 is 24.2 Å². The number of carboxylic acid groups (broad SMARTS) is 1. The number of hydrogen-bond donors (Lipinski definition) is 1. The van der Waals surface area contributed by atoms with Gasteiger partial charge in [0, 0.05) is 0 Å². The van der Waals surface area contributed by atoms with Crippen molar-refractivity contribution in [3.05, 3.63) is 0 Å². The summed E-state index contributed by atoms with van der Waals surface area (Å²) in [6, 6.07) is -1.25. The highest BCUT2D eigenvalue weighted by atomic mass is 32.2. The lowest BCUT2D eigenvalue weighted by molar-refractivity contribution is -0.150. The molecule has 1 rings (SSSR count). The maximum Gasteiger partial charge on any atom is 0.329 e. The Morgan fingerprint density at radius 2 is 2.12 bits per heavy atom. The highest BCUT2D eigenvalue weighted by Gasteiger charge is 2.40. The molecule has 1 saturated heterocycles. The standard InChI is InChI=1S/C10H15NO5S/c1-10(2,3)16-4-6(8(13)14)11-7(12)5-17-9(11)15/h6H,4-5H2,1-3H3,(H,13,14)/t6-/m1/s1. The summed E-state index contributed by atoms with van der Waals surface area (Å²) >= 11 is 0.811. The quantitative estimate of drug-likeness (QED) is 0.811. The van der Waals surface area contributed by atoms with Crippen LogP contribution < -0.4 is 0 Å². The molecule has 7 heteroatoms. The Morgan fingerprint density at radius 3 is 2.47 bits per heavy atom. The monoisotopic (exact) mass is 261 g/mol. The summed E-state index contributed by atoms with van der Waals surface area (Å²) in [7, 11) is 0. The van der Waals surface area contributed by atoms with Gasteiger partial charge in [0.25, 0.3) is 5.24 Å². The van der Waals surface area contributed by atoms with Gasteiger partial charge in [-0.3, -0.25) is 14.5 Å². The molecule has 17 heavy (non-hydrogen) atoms. The topological polar surface area (TPSA) is 83.9 Å². The summed E-state index contributed by atoms with van der Waals surface area (Å²) in [6.45, 7) is 5.12. The molecule has 1 fully saturated rings. The molecule has 0 spiro atoms. The lowest BCUT2D eigenvalue weighted by Gasteiger charge is -2.26. The van der Waals surface area contributed by atoms with Gasteiger partial charge in [0.15, 0.2) is 6.04 Å². The molecular weight excluding hydrogens is 246 g/mol. The number of carbonyl (C=O) groups is 3. The summed E-state index contributed by atoms with van der Waals surface area (Å²) in [5.74, 6) is -1.72. The van der Waals surface area contributed by atoms with Crippen LogP contribution in [-0.2, 0) is 14.3 Å². The Hall–Kier alpha value is -1.08. The van der Waals surface area contributed by atoms with Crippen LogP contribution in [0.4, 0.5) is 4.79 Å². The van der Waals surface area contributed by atoms with Gasteiger partial charge in [-0.25, -0.2) is 4.79 Å². The van der Waals surface area contributed by atoms with Gasteiger partial charge < -0.3 is 9.84 Å². The first kappa shape index (κ1) is 14.0. The number of thioether (sulfide) groups is 1. The fraction of sp³-hybridized carbons (Fsp3) is 0.700. The molecule has 0 aromatic rings. The summed E-state index contributed by atoms with van der Waals surface area (Å²) < 4.78 is 5.33. The Balaban J connectivity index is 2.76. The maximum absolute atomic E-state index is 11.4. The minimum Gasteiger partial charge on any atom is -0.480 e. The van der Waals surface area contributed by atoms with Crippen LogP contribution in [0.3, 0.4) is 0 Å². The van der Waals surface area contributed by atoms with E-state index in [1.165, 1.54) is 0 Å². The van der Waals surface area contributed by atoms with Crippen molar-refractivity contribution >= 4 is 28.9 Å². The molecule has 0 radical (unpaired) electrons. The Labute approximate surface area is 103 Å². The fourth-order valence-corrected chi connectivity index (χ4v) is 2.00. The van der Waals surface area contributed by atoms with Gasteiger partial charge in [-0.1, -0.05) is 11.8 Å². The first-order chi connectivity index (χ1) is 7.72. The van der Waals surface area contributed by atoms with E-state index in [1.807, 2.05) is 0 Å². The zero-order chi connectivity index (χ0) is 13.2. The SMILES string of the molecule is CC(C)(C)OC[C@H](C(=O)O)N1C(=O)CSC1=O. The normalized spacial score (nSPS) is 18.6. The molecule has 0 aromatic heterocycles. The second-order valence-electron chi connectivity index (χ2n) is 4.60. The van der Waals surface area contributed by atoms with E-state index in [4.69, 9.17) is 9.84 Å². The lowest BCUT2D eigenvalue weighted by atomic mass is 10.2. The van der Waals surface area contributed by atoms with Crippen LogP contribution in [0.15, 0.2) is 0 Å². The van der Waals surface area contributed by atoms with Crippen molar-refractivity contribution in [3.8, 4) is 0 Å². The van der Waals surface area contributed by atoms with E-state index in [2.05, 4.69) is 0 Å². The molecule has 1 heterocycles. The first-order valence-corrected chi connectivity index (χ1v) is 6.06. The number of hydrogen-bond acceptors (Lipinski definition) is 5. The summed E-state index contributed by atoms with van der Waals surface area (Å²) in [4.78, 5) is 34.6. The lowest BCUT2D eigenvalue weighted by Crippen LogP contribution is -2.48. The molecule has 2 amide bonds. The predicted octanol–water partition coefficient (Wildman–Crippen LogP) is 0.950. The zero-order valence-corrected chi connectivity index (χ0v) is 10.7. The van der Waals surface area contributed by atoms with E-state index < -0.39 is 28.8 Å². The van der Waals surface area contributed by atoms with Crippen LogP contribution in [0.1, 0.15) is 20.8 Å². The van der Waals surface area contributed by atoms with Crippen LogP contribution >= 0.6 is 11.8 Å². The van der Waals surface area contributed by atoms with Gasteiger partial charge in [-0.15, -0.1) is 0 Å². The number of rotatable bonds is 4. The third-order valence-electron chi connectivity index (χ3n) is 2.06. The largest absolute Gasteiger partial charge is 0.480 e. The molecule has 1 aliphatic heterocycles. The zero-order valence-electron chi connectivity index (χ0n) is 9.93. The third kappa shape index (κ3) is 3.71. The molecule has 0 aliphatic carbocycles. The predicted molar refractivity (Wildman–Crippen MR) is 61.8 cm³/mol. The van der Waals surface area contributed by atoms with Gasteiger partial charge in [0.05, 0.1) is 18.0 Å². The van der Waals surface area contributed by atoms with Crippen LogP contribution in [-0.4, -0.2) is 51.1 Å². The van der Waals surface area contributed by atoms with Crippen molar-refractivity contribution in [2.24, 2.45) is 0 Å². The van der Waals surface area contributed by atoms with Gasteiger partial charge in [0.2, 0.25) is 5.91 Å². The van der Waals surface area contributed by atoms with Crippen LogP contribution in [0.5, 0.6) is 0 Å². The van der Waals surface area contributed by atoms with Crippen molar-refractivity contribution in [2.75, 3.05) is 12.4 Å². The van der Waals surface area contributed by atoms with E-state index >= 15 is 0 Å². The second-order valence-corrected chi connectivity index (χ2v) is 5.52. The third-order valence-corrected chi connectivity index (χ3v) is 2.89. The summed E-state index contributed by atoms with van der Waals surface area (Å²) in [5, 5.41) is 8.50. The molecule has 6 nitrogen and oxygen atoms in total. The number of imide groups is 1. The Morgan fingerprint density at radius 1 is 1.53 bits per heavy atom. The number of nitrogens with zero attached hydrogens (tertiary/aromatic N) is 1. The van der Waals surface area contributed by atoms with E-state index in [-0.39, 0.29) is 12.4 Å². The minimum absolute atomic E-state index is 0.00185. The van der Waals surface area contributed by atoms with Crippen LogP contribution in [0.2, 0.25) is 0 Å². The van der Waals surface area contributed by atoms with Crippen molar-refractivity contribution in [1.29, 1.82) is 0 Å². The smallest absolute Gasteiger partial charge is 0.329 e. The summed E-state index contributed by atoms with van der Waals surface area (Å²) in [6.07, 6.45) is 0. The number of carbonyl (C=O) groups excluding carboxylic acids is 2. The fourth-order valence-electron chi connectivity index (χ4n) is 1.25. The van der Waals surface area contributed by atoms with Gasteiger partial charge in [-0.05, 0) is 20.8 Å². The molecular formula is C10H15NO5S. The summed E-state index contributed by atoms with van der Waals surface area (Å²) in [5.41, 5.74) is -0.521. The van der Waals surface area contributed by atoms with E-state index in [9.17, 15) is 14.4 Å². The molecule has 1 atom stereocenters. The molecule has 0 saturated carbocycles. The van der Waals surface area contributed by atoms with Crippen LogP contribution in [0, 0.1) is 0 Å². The van der Waals surface area contributed by atoms with E-state index in [0.717, 1.165) is 16.7 Å². The highest BCUT2D eigenvalue weighted by molar-refractivity contribution is 8.14. The maximum atomic E-state index is 11.4. The number of aliphatic carboxylic acids is 1. The number of amides is 2. The Kier molecular flexibility index (Phi) is 4.16. The first-order valence-electron chi connectivity index (χ1n) is 5.08. The van der Waals surface area contributed by atoms with Crippen molar-refractivity contribution in [2.45, 2.75) is 32.4 Å². The molecule has 0 aromatic carbocycles. The minimum atomic E-state index is -1.25. The van der Waals surface area contributed by atoms with Gasteiger partial charge in [0.1, 0.15) is 0 Å². The van der Waals surface area contributed by atoms with Crippen molar-refractivity contribution in [3.63, 3.8) is 0 Å². The number of carboxylic acids is 1. The molecule has 1 N–H and O–H groups in total. The second kappa shape index (κ2) is 5.05. The highest BCUT2D eigenvalue weighted by Crippen LogP contribution is 2.22. The van der Waals surface area contributed by atoms with E-state index in [0.29, 0.717) is 0 Å². The average Bonchev–Trinajstić information content (AvgIpc) is 2.47. The molecule has 96 valence electrons. The molecule has 1 aliphatic rings. The average molecular weight is 261 g/mol. The molecule has 0 bridgehead atoms. The van der Waals surface area contributed by atoms with Crippen molar-refractivity contribution in [1.82, 2.24) is 4.90 Å². The number of ether oxygens (including phenoxy) is 1. The van der Waals surface area contributed by atoms with E-state index in [1.54, 1.807) is 20.8 Å². The van der Waals surface area contributed by atoms with Crippen LogP contribution in [0.25, 0.3) is 0 Å². The molecule has 0 unspecified atom stereocenters.